The summed E-state index contributed by atoms with van der Waals surface area (Å²) in [5, 5.41) is 0. The van der Waals surface area contributed by atoms with Crippen molar-refractivity contribution in [1.82, 2.24) is 0 Å². The Morgan fingerprint density at radius 3 is 2.39 bits per heavy atom. The van der Waals surface area contributed by atoms with Crippen molar-refractivity contribution in [1.29, 1.82) is 0 Å². The number of carbonyl (C=O) groups is 1. The van der Waals surface area contributed by atoms with Gasteiger partial charge < -0.3 is 9.53 Å². The van der Waals surface area contributed by atoms with Crippen LogP contribution in [0.1, 0.15) is 30.9 Å². The molecule has 0 aliphatic heterocycles. The molecular formula is C14H16F2O2. The van der Waals surface area contributed by atoms with Gasteiger partial charge in [0.2, 0.25) is 0 Å². The summed E-state index contributed by atoms with van der Waals surface area (Å²) in [5.74, 6) is -1.02. The van der Waals surface area contributed by atoms with Gasteiger partial charge in [-0.25, -0.2) is 8.78 Å². The number of hydrogen-bond acceptors (Lipinski definition) is 2. The minimum Gasteiger partial charge on any atom is -0.378 e. The molecule has 1 aliphatic rings. The molecule has 0 N–H and O–H groups in total. The van der Waals surface area contributed by atoms with Crippen LogP contribution in [0.2, 0.25) is 0 Å². The molecule has 0 atom stereocenters. The van der Waals surface area contributed by atoms with Gasteiger partial charge in [0.1, 0.15) is 17.9 Å². The van der Waals surface area contributed by atoms with E-state index in [1.54, 1.807) is 7.11 Å². The van der Waals surface area contributed by atoms with E-state index in [2.05, 4.69) is 0 Å². The van der Waals surface area contributed by atoms with Crippen LogP contribution in [0.15, 0.2) is 12.1 Å². The summed E-state index contributed by atoms with van der Waals surface area (Å²) >= 11 is 0. The summed E-state index contributed by atoms with van der Waals surface area (Å²) in [6, 6.07) is 2.27. The van der Waals surface area contributed by atoms with Crippen LogP contribution in [-0.2, 0) is 14.9 Å². The van der Waals surface area contributed by atoms with Crippen molar-refractivity contribution < 1.29 is 18.3 Å². The summed E-state index contributed by atoms with van der Waals surface area (Å²) < 4.78 is 32.7. The van der Waals surface area contributed by atoms with E-state index in [-0.39, 0.29) is 11.1 Å². The molecule has 0 radical (unpaired) electrons. The normalized spacial score (nSPS) is 30.9. The van der Waals surface area contributed by atoms with Crippen molar-refractivity contribution in [3.05, 3.63) is 34.9 Å². The van der Waals surface area contributed by atoms with Crippen LogP contribution < -0.4 is 0 Å². The van der Waals surface area contributed by atoms with E-state index in [0.29, 0.717) is 19.1 Å². The highest BCUT2D eigenvalue weighted by Gasteiger charge is 2.54. The van der Waals surface area contributed by atoms with Gasteiger partial charge in [-0.1, -0.05) is 0 Å². The molecule has 0 spiro atoms. The first-order chi connectivity index (χ1) is 8.36. The maximum Gasteiger partial charge on any atom is 0.130 e. The van der Waals surface area contributed by atoms with Crippen molar-refractivity contribution in [3.63, 3.8) is 0 Å². The van der Waals surface area contributed by atoms with Gasteiger partial charge in [-0.15, -0.1) is 0 Å². The molecule has 4 heteroatoms. The minimum absolute atomic E-state index is 0.134. The maximum atomic E-state index is 13.9. The third kappa shape index (κ3) is 1.85. The lowest BCUT2D eigenvalue weighted by atomic mass is 9.57. The summed E-state index contributed by atoms with van der Waals surface area (Å²) in [5.41, 5.74) is -1.01. The lowest BCUT2D eigenvalue weighted by molar-refractivity contribution is -0.137. The second-order valence-electron chi connectivity index (χ2n) is 5.36. The zero-order valence-corrected chi connectivity index (χ0v) is 10.7. The Morgan fingerprint density at radius 2 is 1.89 bits per heavy atom. The number of benzene rings is 1. The SMILES string of the molecule is COC1(C)CC(C=O)(c2cc(F)c(C)cc2F)C1. The zero-order valence-electron chi connectivity index (χ0n) is 10.7. The Kier molecular flexibility index (Phi) is 3.01. The van der Waals surface area contributed by atoms with Crippen molar-refractivity contribution in [2.45, 2.75) is 37.7 Å². The van der Waals surface area contributed by atoms with E-state index in [1.807, 2.05) is 6.92 Å². The summed E-state index contributed by atoms with van der Waals surface area (Å²) in [6.07, 6.45) is 1.46. The van der Waals surface area contributed by atoms with Crippen LogP contribution in [-0.4, -0.2) is 19.0 Å². The molecule has 0 aromatic heterocycles. The monoisotopic (exact) mass is 254 g/mol. The fourth-order valence-electron chi connectivity index (χ4n) is 2.79. The fraction of sp³-hybridized carbons (Fsp3) is 0.500. The highest BCUT2D eigenvalue weighted by molar-refractivity contribution is 5.71. The molecule has 0 bridgehead atoms. The first-order valence-electron chi connectivity index (χ1n) is 5.83. The summed E-state index contributed by atoms with van der Waals surface area (Å²) in [6.45, 7) is 3.35. The molecule has 0 unspecified atom stereocenters. The molecule has 1 aromatic carbocycles. The molecule has 1 fully saturated rings. The molecule has 0 amide bonds. The average Bonchev–Trinajstić information content (AvgIpc) is 2.30. The van der Waals surface area contributed by atoms with Crippen LogP contribution in [0.3, 0.4) is 0 Å². The van der Waals surface area contributed by atoms with E-state index in [1.165, 1.54) is 6.92 Å². The number of methoxy groups -OCH3 is 1. The largest absolute Gasteiger partial charge is 0.378 e. The Morgan fingerprint density at radius 1 is 1.28 bits per heavy atom. The maximum absolute atomic E-state index is 13.9. The van der Waals surface area contributed by atoms with Gasteiger partial charge in [-0.05, 0) is 44.4 Å². The highest BCUT2D eigenvalue weighted by atomic mass is 19.1. The first kappa shape index (κ1) is 13.1. The lowest BCUT2D eigenvalue weighted by Crippen LogP contribution is -2.55. The Hall–Kier alpha value is -1.29. The second-order valence-corrected chi connectivity index (χ2v) is 5.36. The van der Waals surface area contributed by atoms with Crippen molar-refractivity contribution in [2.24, 2.45) is 0 Å². The van der Waals surface area contributed by atoms with Gasteiger partial charge in [0, 0.05) is 12.7 Å². The average molecular weight is 254 g/mol. The molecule has 2 nitrogen and oxygen atoms in total. The third-order valence-electron chi connectivity index (χ3n) is 3.88. The van der Waals surface area contributed by atoms with E-state index in [9.17, 15) is 13.6 Å². The molecule has 1 aliphatic carbocycles. The van der Waals surface area contributed by atoms with Gasteiger partial charge in [0.05, 0.1) is 11.0 Å². The minimum atomic E-state index is -0.955. The summed E-state index contributed by atoms with van der Waals surface area (Å²) in [7, 11) is 1.56. The number of aldehydes is 1. The van der Waals surface area contributed by atoms with Crippen molar-refractivity contribution in [3.8, 4) is 0 Å². The Bertz CT molecular complexity index is 491. The summed E-state index contributed by atoms with van der Waals surface area (Å²) in [4.78, 5) is 11.3. The molecule has 2 rings (SSSR count). The molecule has 1 aromatic rings. The van der Waals surface area contributed by atoms with Crippen LogP contribution in [0.5, 0.6) is 0 Å². The van der Waals surface area contributed by atoms with E-state index in [4.69, 9.17) is 4.74 Å². The van der Waals surface area contributed by atoms with Gasteiger partial charge in [0.15, 0.2) is 0 Å². The van der Waals surface area contributed by atoms with Crippen molar-refractivity contribution in [2.75, 3.05) is 7.11 Å². The van der Waals surface area contributed by atoms with Crippen molar-refractivity contribution >= 4 is 6.29 Å². The van der Waals surface area contributed by atoms with Gasteiger partial charge >= 0.3 is 0 Å². The van der Waals surface area contributed by atoms with Crippen LogP contribution >= 0.6 is 0 Å². The fourth-order valence-corrected chi connectivity index (χ4v) is 2.79. The predicted octanol–water partition coefficient (Wildman–Crippen LogP) is 2.91. The van der Waals surface area contributed by atoms with Gasteiger partial charge in [0.25, 0.3) is 0 Å². The van der Waals surface area contributed by atoms with Crippen LogP contribution in [0.4, 0.5) is 8.78 Å². The van der Waals surface area contributed by atoms with E-state index >= 15 is 0 Å². The Balaban J connectivity index is 2.42. The van der Waals surface area contributed by atoms with E-state index < -0.39 is 22.7 Å². The van der Waals surface area contributed by atoms with Gasteiger partial charge in [-0.3, -0.25) is 0 Å². The quantitative estimate of drug-likeness (QED) is 0.775. The highest BCUT2D eigenvalue weighted by Crippen LogP contribution is 2.51. The number of ether oxygens (including phenoxy) is 1. The lowest BCUT2D eigenvalue weighted by Gasteiger charge is -2.51. The molecule has 98 valence electrons. The zero-order chi connectivity index (χ0) is 13.6. The predicted molar refractivity (Wildman–Crippen MR) is 63.5 cm³/mol. The molecule has 0 saturated heterocycles. The number of hydrogen-bond donors (Lipinski definition) is 0. The Labute approximate surface area is 105 Å². The second kappa shape index (κ2) is 4.12. The smallest absolute Gasteiger partial charge is 0.130 e. The van der Waals surface area contributed by atoms with Gasteiger partial charge in [-0.2, -0.15) is 0 Å². The molecular weight excluding hydrogens is 238 g/mol. The number of halogens is 2. The van der Waals surface area contributed by atoms with Crippen LogP contribution in [0.25, 0.3) is 0 Å². The number of aryl methyl sites for hydroxylation is 1. The standard InChI is InChI=1S/C14H16F2O2/c1-9-4-12(16)10(5-11(9)15)14(8-17)6-13(2,7-14)18-3/h4-5,8H,6-7H2,1-3H3. The number of rotatable bonds is 3. The van der Waals surface area contributed by atoms with E-state index in [0.717, 1.165) is 12.1 Å². The number of carbonyl (C=O) groups excluding carboxylic acids is 1. The topological polar surface area (TPSA) is 26.3 Å². The molecule has 1 saturated carbocycles. The molecule has 0 heterocycles. The van der Waals surface area contributed by atoms with Crippen LogP contribution in [0, 0.1) is 18.6 Å². The molecule has 18 heavy (non-hydrogen) atoms. The first-order valence-corrected chi connectivity index (χ1v) is 5.83. The third-order valence-corrected chi connectivity index (χ3v) is 3.88.